The molecule has 9 nitrogen and oxygen atoms in total. The van der Waals surface area contributed by atoms with Crippen LogP contribution in [0.15, 0.2) is 100 Å². The van der Waals surface area contributed by atoms with E-state index in [-0.39, 0.29) is 23.5 Å². The Balaban J connectivity index is 1.24. The van der Waals surface area contributed by atoms with E-state index in [2.05, 4.69) is 26.2 Å². The zero-order chi connectivity index (χ0) is 31.3. The highest BCUT2D eigenvalue weighted by atomic mass is 35.5. The Morgan fingerprint density at radius 2 is 1.39 bits per heavy atom. The average Bonchev–Trinajstić information content (AvgIpc) is 3.80. The normalized spacial score (nSPS) is 16.7. The number of nitrogens with zero attached hydrogens (tertiary/aromatic N) is 4. The van der Waals surface area contributed by atoms with Gasteiger partial charge in [0.25, 0.3) is 11.5 Å². The van der Waals surface area contributed by atoms with Crippen molar-refractivity contribution in [3.05, 3.63) is 118 Å². The van der Waals surface area contributed by atoms with Gasteiger partial charge in [0.1, 0.15) is 5.38 Å². The van der Waals surface area contributed by atoms with Gasteiger partial charge in [-0.1, -0.05) is 82.0 Å². The third-order valence-corrected chi connectivity index (χ3v) is 9.39. The average molecular weight is 625 g/mol. The molecule has 10 heteroatoms. The minimum atomic E-state index is -0.857. The first-order valence-electron chi connectivity index (χ1n) is 14.9. The molecule has 224 valence electrons. The Bertz CT molecular complexity index is 2600. The standard InChI is InChI=1S/C36H25ClN6O3/c1-18-12-14-25-23(16-18)27(29(38-25)20-8-4-3-5-9-20)32-28(37)34(45)43(32)36-41-40-35(46-36)42-31-24-17-19(2)13-15-26(24)39-30(31)21-10-6-7-11-22(21)33(42)44/h3-17,28,32,38-39H,1-2H3. The van der Waals surface area contributed by atoms with Crippen LogP contribution in [0.3, 0.4) is 0 Å². The summed E-state index contributed by atoms with van der Waals surface area (Å²) >= 11 is 6.80. The first-order chi connectivity index (χ1) is 22.4. The van der Waals surface area contributed by atoms with E-state index in [1.807, 2.05) is 92.7 Å². The number of anilines is 1. The zero-order valence-corrected chi connectivity index (χ0v) is 25.5. The molecule has 9 rings (SSSR count). The zero-order valence-electron chi connectivity index (χ0n) is 24.7. The van der Waals surface area contributed by atoms with Gasteiger partial charge in [-0.2, -0.15) is 0 Å². The van der Waals surface area contributed by atoms with E-state index in [9.17, 15) is 9.59 Å². The van der Waals surface area contributed by atoms with Crippen LogP contribution in [0.1, 0.15) is 22.7 Å². The molecule has 1 amide bonds. The van der Waals surface area contributed by atoms with E-state index in [1.54, 1.807) is 6.07 Å². The summed E-state index contributed by atoms with van der Waals surface area (Å²) in [7, 11) is 0. The molecule has 5 heterocycles. The molecule has 0 spiro atoms. The van der Waals surface area contributed by atoms with Gasteiger partial charge in [-0.15, -0.1) is 11.6 Å². The van der Waals surface area contributed by atoms with Crippen molar-refractivity contribution >= 4 is 67.1 Å². The van der Waals surface area contributed by atoms with Gasteiger partial charge in [0.2, 0.25) is 0 Å². The van der Waals surface area contributed by atoms with Crippen molar-refractivity contribution in [2.24, 2.45) is 0 Å². The summed E-state index contributed by atoms with van der Waals surface area (Å²) < 4.78 is 7.69. The number of aryl methyl sites for hydroxylation is 2. The van der Waals surface area contributed by atoms with Gasteiger partial charge in [0.15, 0.2) is 0 Å². The lowest BCUT2D eigenvalue weighted by Gasteiger charge is -2.41. The monoisotopic (exact) mass is 624 g/mol. The number of aromatic amines is 2. The quantitative estimate of drug-likeness (QED) is 0.156. The molecule has 2 N–H and O–H groups in total. The number of pyridine rings is 1. The van der Waals surface area contributed by atoms with Gasteiger partial charge in [0, 0.05) is 38.1 Å². The summed E-state index contributed by atoms with van der Waals surface area (Å²) in [6.07, 6.45) is 0. The van der Waals surface area contributed by atoms with Gasteiger partial charge in [-0.25, -0.2) is 4.57 Å². The SMILES string of the molecule is Cc1ccc2[nH]c(-c3ccccc3)c(C3C(Cl)C(=O)N3c3nnc(-n4c(=O)c5ccccc5c5[nH]c6ccc(C)cc6c54)o3)c2c1. The van der Waals surface area contributed by atoms with Gasteiger partial charge in [-0.3, -0.25) is 14.5 Å². The predicted molar refractivity (Wildman–Crippen MR) is 180 cm³/mol. The van der Waals surface area contributed by atoms with Gasteiger partial charge in [0.05, 0.1) is 22.8 Å². The third-order valence-electron chi connectivity index (χ3n) is 8.96. The molecule has 1 aliphatic heterocycles. The number of H-pyrrole nitrogens is 2. The van der Waals surface area contributed by atoms with Crippen molar-refractivity contribution < 1.29 is 9.21 Å². The van der Waals surface area contributed by atoms with E-state index < -0.39 is 11.4 Å². The van der Waals surface area contributed by atoms with Crippen LogP contribution in [0.2, 0.25) is 0 Å². The van der Waals surface area contributed by atoms with E-state index in [0.29, 0.717) is 10.9 Å². The number of alkyl halides is 1. The lowest BCUT2D eigenvalue weighted by molar-refractivity contribution is -0.124. The number of amides is 1. The van der Waals surface area contributed by atoms with Crippen molar-refractivity contribution in [1.82, 2.24) is 24.7 Å². The summed E-state index contributed by atoms with van der Waals surface area (Å²) in [5.41, 5.74) is 7.68. The maximum atomic E-state index is 14.1. The second-order valence-electron chi connectivity index (χ2n) is 11.8. The Morgan fingerprint density at radius 1 is 0.739 bits per heavy atom. The first-order valence-corrected chi connectivity index (χ1v) is 15.4. The van der Waals surface area contributed by atoms with Crippen molar-refractivity contribution in [3.63, 3.8) is 0 Å². The number of hydrogen-bond acceptors (Lipinski definition) is 5. The number of benzene rings is 4. The van der Waals surface area contributed by atoms with Crippen LogP contribution in [0, 0.1) is 13.8 Å². The Kier molecular flexibility index (Phi) is 5.61. The lowest BCUT2D eigenvalue weighted by Crippen LogP contribution is -2.56. The van der Waals surface area contributed by atoms with Crippen molar-refractivity contribution in [2.45, 2.75) is 25.3 Å². The minimum absolute atomic E-state index is 0.0351. The molecule has 2 unspecified atom stereocenters. The highest BCUT2D eigenvalue weighted by Gasteiger charge is 2.52. The smallest absolute Gasteiger partial charge is 0.331 e. The highest BCUT2D eigenvalue weighted by molar-refractivity contribution is 6.37. The number of aromatic nitrogens is 5. The van der Waals surface area contributed by atoms with E-state index in [0.717, 1.165) is 60.7 Å². The molecule has 46 heavy (non-hydrogen) atoms. The van der Waals surface area contributed by atoms with Crippen LogP contribution in [0.5, 0.6) is 0 Å². The maximum absolute atomic E-state index is 14.1. The molecular weight excluding hydrogens is 600 g/mol. The number of carbonyl (C=O) groups is 1. The summed E-state index contributed by atoms with van der Waals surface area (Å²) in [5, 5.41) is 10.9. The Labute approximate surface area is 266 Å². The summed E-state index contributed by atoms with van der Waals surface area (Å²) in [5.74, 6) is -0.360. The fourth-order valence-corrected chi connectivity index (χ4v) is 7.16. The molecule has 0 bridgehead atoms. The number of nitrogens with one attached hydrogen (secondary N) is 2. The number of rotatable bonds is 4. The van der Waals surface area contributed by atoms with Gasteiger partial charge in [-0.05, 0) is 49.7 Å². The minimum Gasteiger partial charge on any atom is -0.388 e. The van der Waals surface area contributed by atoms with E-state index in [4.69, 9.17) is 16.0 Å². The maximum Gasteiger partial charge on any atom is 0.331 e. The third kappa shape index (κ3) is 3.69. The molecule has 2 atom stereocenters. The van der Waals surface area contributed by atoms with Crippen molar-refractivity contribution in [1.29, 1.82) is 0 Å². The fourth-order valence-electron chi connectivity index (χ4n) is 6.82. The van der Waals surface area contributed by atoms with E-state index in [1.165, 1.54) is 9.47 Å². The molecule has 8 aromatic rings. The summed E-state index contributed by atoms with van der Waals surface area (Å²) in [4.78, 5) is 36.0. The van der Waals surface area contributed by atoms with Crippen LogP contribution in [-0.4, -0.2) is 36.0 Å². The molecule has 0 aliphatic carbocycles. The molecule has 1 fully saturated rings. The van der Waals surface area contributed by atoms with Crippen LogP contribution in [0.4, 0.5) is 6.01 Å². The van der Waals surface area contributed by atoms with Crippen molar-refractivity contribution in [3.8, 4) is 17.3 Å². The van der Waals surface area contributed by atoms with Crippen LogP contribution >= 0.6 is 11.6 Å². The second-order valence-corrected chi connectivity index (χ2v) is 12.3. The molecule has 0 radical (unpaired) electrons. The van der Waals surface area contributed by atoms with Gasteiger partial charge >= 0.3 is 12.0 Å². The summed E-state index contributed by atoms with van der Waals surface area (Å²) in [6.45, 7) is 4.03. The fraction of sp³-hybridized carbons (Fsp3) is 0.111. The second kappa shape index (κ2) is 9.66. The molecule has 4 aromatic carbocycles. The van der Waals surface area contributed by atoms with Crippen molar-refractivity contribution in [2.75, 3.05) is 4.90 Å². The molecule has 1 saturated heterocycles. The number of hydrogen-bond donors (Lipinski definition) is 2. The van der Waals surface area contributed by atoms with Crippen LogP contribution in [0.25, 0.3) is 60.9 Å². The largest absolute Gasteiger partial charge is 0.388 e. The number of halogens is 1. The van der Waals surface area contributed by atoms with E-state index >= 15 is 0 Å². The number of fused-ring (bicyclic) bond motifs is 6. The Morgan fingerprint density at radius 3 is 2.15 bits per heavy atom. The molecule has 4 aromatic heterocycles. The lowest BCUT2D eigenvalue weighted by atomic mass is 9.89. The Hall–Kier alpha value is -5.67. The van der Waals surface area contributed by atoms with Gasteiger partial charge < -0.3 is 14.4 Å². The van der Waals surface area contributed by atoms with Crippen LogP contribution < -0.4 is 10.5 Å². The van der Waals surface area contributed by atoms with Crippen LogP contribution in [-0.2, 0) is 4.79 Å². The number of β-lactam (4-membered cyclic amide) rings is 1. The highest BCUT2D eigenvalue weighted by Crippen LogP contribution is 2.48. The molecule has 1 aliphatic rings. The molecule has 0 saturated carbocycles. The molecular formula is C36H25ClN6O3. The topological polar surface area (TPSA) is 113 Å². The first kappa shape index (κ1) is 26.7. The predicted octanol–water partition coefficient (Wildman–Crippen LogP) is 7.47. The number of carbonyl (C=O) groups excluding carboxylic acids is 1. The summed E-state index contributed by atoms with van der Waals surface area (Å²) in [6, 6.07) is 28.8.